The molecule has 110 valence electrons. The summed E-state index contributed by atoms with van der Waals surface area (Å²) in [5.74, 6) is 0.612. The summed E-state index contributed by atoms with van der Waals surface area (Å²) in [6.45, 7) is 2.19. The highest BCUT2D eigenvalue weighted by atomic mass is 19.1. The smallest absolute Gasteiger partial charge is 0.169 e. The van der Waals surface area contributed by atoms with Crippen molar-refractivity contribution in [2.75, 3.05) is 18.0 Å². The number of anilines is 1. The number of pyridine rings is 1. The Morgan fingerprint density at radius 2 is 1.86 bits per heavy atom. The Morgan fingerprint density at radius 1 is 1.10 bits per heavy atom. The quantitative estimate of drug-likeness (QED) is 0.855. The van der Waals surface area contributed by atoms with E-state index < -0.39 is 0 Å². The van der Waals surface area contributed by atoms with E-state index in [0.717, 1.165) is 31.5 Å². The number of halogens is 1. The molecule has 1 aromatic carbocycles. The van der Waals surface area contributed by atoms with Gasteiger partial charge in [0.15, 0.2) is 11.6 Å². The average Bonchev–Trinajstić information content (AvgIpc) is 2.55. The number of hydrogen-bond acceptors (Lipinski definition) is 3. The van der Waals surface area contributed by atoms with Crippen molar-refractivity contribution >= 4 is 5.82 Å². The molecule has 0 N–H and O–H groups in total. The fourth-order valence-corrected chi connectivity index (χ4v) is 2.57. The van der Waals surface area contributed by atoms with Gasteiger partial charge < -0.3 is 9.64 Å². The van der Waals surface area contributed by atoms with E-state index in [-0.39, 0.29) is 5.82 Å². The zero-order chi connectivity index (χ0) is 14.5. The van der Waals surface area contributed by atoms with Gasteiger partial charge in [-0.3, -0.25) is 0 Å². The lowest BCUT2D eigenvalue weighted by molar-refractivity contribution is 0.303. The van der Waals surface area contributed by atoms with E-state index in [1.54, 1.807) is 6.20 Å². The number of nitrogens with zero attached hydrogens (tertiary/aromatic N) is 2. The number of hydrogen-bond donors (Lipinski definition) is 0. The van der Waals surface area contributed by atoms with Crippen molar-refractivity contribution in [1.29, 1.82) is 0 Å². The third-order valence-corrected chi connectivity index (χ3v) is 3.70. The summed E-state index contributed by atoms with van der Waals surface area (Å²) in [4.78, 5) is 6.25. The van der Waals surface area contributed by atoms with Crippen molar-refractivity contribution < 1.29 is 9.13 Å². The predicted molar refractivity (Wildman–Crippen MR) is 81.0 cm³/mol. The molecule has 3 rings (SSSR count). The third kappa shape index (κ3) is 3.51. The molecule has 0 amide bonds. The Labute approximate surface area is 124 Å². The lowest BCUT2D eigenvalue weighted by Gasteiger charge is -2.27. The minimum Gasteiger partial charge on any atom is -0.487 e. The molecule has 2 aromatic rings. The molecular formula is C17H19FN2O. The monoisotopic (exact) mass is 286 g/mol. The molecule has 0 aliphatic carbocycles. The Balaban J connectivity index is 1.66. The second-order valence-corrected chi connectivity index (χ2v) is 5.30. The lowest BCUT2D eigenvalue weighted by atomic mass is 10.1. The summed E-state index contributed by atoms with van der Waals surface area (Å²) in [6.07, 6.45) is 5.03. The van der Waals surface area contributed by atoms with Gasteiger partial charge in [-0.05, 0) is 24.8 Å². The van der Waals surface area contributed by atoms with Crippen LogP contribution in [-0.4, -0.2) is 18.1 Å². The maximum atomic E-state index is 14.2. The lowest BCUT2D eigenvalue weighted by Crippen LogP contribution is -2.30. The molecule has 3 nitrogen and oxygen atoms in total. The standard InChI is InChI=1S/C17H19FN2O/c18-16-11-15(21-13-14-7-3-1-4-8-14)12-19-17(16)20-9-5-2-6-10-20/h1,3-4,7-8,11-12H,2,5-6,9-10,13H2. The van der Waals surface area contributed by atoms with Gasteiger partial charge in [0.1, 0.15) is 12.4 Å². The van der Waals surface area contributed by atoms with E-state index in [9.17, 15) is 4.39 Å². The van der Waals surface area contributed by atoms with Crippen molar-refractivity contribution in [3.05, 3.63) is 54.0 Å². The molecule has 1 aromatic heterocycles. The molecule has 0 unspecified atom stereocenters. The molecule has 1 fully saturated rings. The SMILES string of the molecule is Fc1cc(OCc2ccccc2)cnc1N1CCCCC1. The van der Waals surface area contributed by atoms with Gasteiger partial charge in [-0.1, -0.05) is 30.3 Å². The Morgan fingerprint density at radius 3 is 2.57 bits per heavy atom. The van der Waals surface area contributed by atoms with Crippen LogP contribution in [-0.2, 0) is 6.61 Å². The van der Waals surface area contributed by atoms with Crippen LogP contribution in [0.25, 0.3) is 0 Å². The molecule has 4 heteroatoms. The summed E-state index contributed by atoms with van der Waals surface area (Å²) >= 11 is 0. The maximum Gasteiger partial charge on any atom is 0.169 e. The summed E-state index contributed by atoms with van der Waals surface area (Å²) in [6, 6.07) is 11.3. The first kappa shape index (κ1) is 13.9. The normalized spacial score (nSPS) is 15.0. The molecule has 21 heavy (non-hydrogen) atoms. The Kier molecular flexibility index (Phi) is 4.34. The van der Waals surface area contributed by atoms with E-state index in [1.165, 1.54) is 12.5 Å². The van der Waals surface area contributed by atoms with Crippen LogP contribution < -0.4 is 9.64 Å². The molecule has 2 heterocycles. The summed E-state index contributed by atoms with van der Waals surface area (Å²) in [7, 11) is 0. The molecule has 0 radical (unpaired) electrons. The van der Waals surface area contributed by atoms with E-state index in [0.29, 0.717) is 18.2 Å². The van der Waals surface area contributed by atoms with Crippen LogP contribution >= 0.6 is 0 Å². The fourth-order valence-electron chi connectivity index (χ4n) is 2.57. The second-order valence-electron chi connectivity index (χ2n) is 5.30. The minimum atomic E-state index is -0.303. The Hall–Kier alpha value is -2.10. The fraction of sp³-hybridized carbons (Fsp3) is 0.353. The van der Waals surface area contributed by atoms with Gasteiger partial charge in [0.2, 0.25) is 0 Å². The van der Waals surface area contributed by atoms with Crippen LogP contribution in [0.15, 0.2) is 42.6 Å². The molecule has 0 bridgehead atoms. The number of aromatic nitrogens is 1. The molecule has 1 saturated heterocycles. The largest absolute Gasteiger partial charge is 0.487 e. The van der Waals surface area contributed by atoms with E-state index in [4.69, 9.17) is 4.74 Å². The van der Waals surface area contributed by atoms with Crippen LogP contribution in [0.1, 0.15) is 24.8 Å². The minimum absolute atomic E-state index is 0.303. The van der Waals surface area contributed by atoms with Crippen LogP contribution in [0.4, 0.5) is 10.2 Å². The van der Waals surface area contributed by atoms with Crippen LogP contribution in [0.2, 0.25) is 0 Å². The van der Waals surface area contributed by atoms with Gasteiger partial charge in [-0.2, -0.15) is 0 Å². The second kappa shape index (κ2) is 6.57. The molecule has 0 spiro atoms. The van der Waals surface area contributed by atoms with Gasteiger partial charge in [0.05, 0.1) is 6.20 Å². The number of benzene rings is 1. The average molecular weight is 286 g/mol. The van der Waals surface area contributed by atoms with Gasteiger partial charge in [0, 0.05) is 19.2 Å². The third-order valence-electron chi connectivity index (χ3n) is 3.70. The molecular weight excluding hydrogens is 267 g/mol. The number of piperidine rings is 1. The summed E-state index contributed by atoms with van der Waals surface area (Å²) in [5, 5.41) is 0. The first-order chi connectivity index (χ1) is 10.3. The highest BCUT2D eigenvalue weighted by Gasteiger charge is 2.16. The van der Waals surface area contributed by atoms with Crippen molar-refractivity contribution in [3.63, 3.8) is 0 Å². The first-order valence-corrected chi connectivity index (χ1v) is 7.40. The molecule has 1 aliphatic rings. The molecule has 1 aliphatic heterocycles. The van der Waals surface area contributed by atoms with Crippen LogP contribution in [0.3, 0.4) is 0 Å². The highest BCUT2D eigenvalue weighted by Crippen LogP contribution is 2.24. The zero-order valence-corrected chi connectivity index (χ0v) is 12.0. The van der Waals surface area contributed by atoms with Crippen LogP contribution in [0, 0.1) is 5.82 Å². The van der Waals surface area contributed by atoms with Gasteiger partial charge in [0.25, 0.3) is 0 Å². The first-order valence-electron chi connectivity index (χ1n) is 7.40. The van der Waals surface area contributed by atoms with E-state index in [2.05, 4.69) is 4.98 Å². The number of rotatable bonds is 4. The van der Waals surface area contributed by atoms with Gasteiger partial charge in [-0.25, -0.2) is 9.37 Å². The van der Waals surface area contributed by atoms with Gasteiger partial charge in [-0.15, -0.1) is 0 Å². The summed E-state index contributed by atoms with van der Waals surface area (Å²) < 4.78 is 19.8. The predicted octanol–water partition coefficient (Wildman–Crippen LogP) is 3.79. The highest BCUT2D eigenvalue weighted by molar-refractivity contribution is 5.43. The van der Waals surface area contributed by atoms with Crippen LogP contribution in [0.5, 0.6) is 5.75 Å². The summed E-state index contributed by atoms with van der Waals surface area (Å²) in [5.41, 5.74) is 1.05. The molecule has 0 saturated carbocycles. The van der Waals surface area contributed by atoms with E-state index in [1.807, 2.05) is 35.2 Å². The van der Waals surface area contributed by atoms with Crippen molar-refractivity contribution in [1.82, 2.24) is 4.98 Å². The number of ether oxygens (including phenoxy) is 1. The van der Waals surface area contributed by atoms with Gasteiger partial charge >= 0.3 is 0 Å². The topological polar surface area (TPSA) is 25.4 Å². The molecule has 0 atom stereocenters. The van der Waals surface area contributed by atoms with Crippen molar-refractivity contribution in [2.45, 2.75) is 25.9 Å². The van der Waals surface area contributed by atoms with E-state index >= 15 is 0 Å². The maximum absolute atomic E-state index is 14.2. The Bertz CT molecular complexity index is 583. The van der Waals surface area contributed by atoms with Crippen molar-refractivity contribution in [3.8, 4) is 5.75 Å². The zero-order valence-electron chi connectivity index (χ0n) is 12.0. The van der Waals surface area contributed by atoms with Crippen molar-refractivity contribution in [2.24, 2.45) is 0 Å².